The second-order valence-electron chi connectivity index (χ2n) is 3.87. The molecule has 5 heteroatoms. The number of hydrogen-bond acceptors (Lipinski definition) is 3. The fourth-order valence-corrected chi connectivity index (χ4v) is 1.77. The van der Waals surface area contributed by atoms with E-state index < -0.39 is 0 Å². The van der Waals surface area contributed by atoms with Crippen LogP contribution < -0.4 is 0 Å². The second kappa shape index (κ2) is 4.92. The van der Waals surface area contributed by atoms with Gasteiger partial charge in [-0.05, 0) is 26.3 Å². The summed E-state index contributed by atoms with van der Waals surface area (Å²) in [4.78, 5) is 4.16. The molecule has 0 saturated heterocycles. The molecule has 0 aliphatic heterocycles. The van der Waals surface area contributed by atoms with E-state index in [1.54, 1.807) is 6.20 Å². The third-order valence-corrected chi connectivity index (χ3v) is 2.80. The number of alkyl halides is 1. The Labute approximate surface area is 106 Å². The lowest BCUT2D eigenvalue weighted by Crippen LogP contribution is -1.99. The molecule has 0 aliphatic rings. The minimum Gasteiger partial charge on any atom is -0.437 e. The molecule has 4 nitrogen and oxygen atoms in total. The minimum atomic E-state index is -0.215. The standard InChI is InChI=1S/C12H16ClN3O/c1-4-9-6-10(16(5-2)15-9)11-7-14-12(17-11)8(3)13/h6-8H,4-5H2,1-3H3. The van der Waals surface area contributed by atoms with Crippen molar-refractivity contribution in [1.29, 1.82) is 0 Å². The molecule has 2 rings (SSSR count). The van der Waals surface area contributed by atoms with Crippen molar-refractivity contribution < 1.29 is 4.42 Å². The number of halogens is 1. The molecule has 92 valence electrons. The summed E-state index contributed by atoms with van der Waals surface area (Å²) < 4.78 is 7.55. The van der Waals surface area contributed by atoms with Gasteiger partial charge >= 0.3 is 0 Å². The Morgan fingerprint density at radius 3 is 2.76 bits per heavy atom. The van der Waals surface area contributed by atoms with Gasteiger partial charge in [0.15, 0.2) is 5.76 Å². The Kier molecular flexibility index (Phi) is 3.52. The molecule has 0 aromatic carbocycles. The zero-order valence-electron chi connectivity index (χ0n) is 10.3. The smallest absolute Gasteiger partial charge is 0.212 e. The maximum Gasteiger partial charge on any atom is 0.212 e. The highest BCUT2D eigenvalue weighted by atomic mass is 35.5. The van der Waals surface area contributed by atoms with Crippen molar-refractivity contribution in [2.45, 2.75) is 39.1 Å². The zero-order valence-corrected chi connectivity index (χ0v) is 11.0. The van der Waals surface area contributed by atoms with Gasteiger partial charge < -0.3 is 4.42 Å². The molecular formula is C12H16ClN3O. The summed E-state index contributed by atoms with van der Waals surface area (Å²) in [5, 5.41) is 4.26. The maximum atomic E-state index is 5.93. The van der Waals surface area contributed by atoms with E-state index in [0.29, 0.717) is 5.89 Å². The number of oxazole rings is 1. The summed E-state index contributed by atoms with van der Waals surface area (Å²) in [5.74, 6) is 1.27. The monoisotopic (exact) mass is 253 g/mol. The molecule has 0 radical (unpaired) electrons. The molecule has 2 aromatic heterocycles. The lowest BCUT2D eigenvalue weighted by atomic mass is 10.3. The molecule has 0 fully saturated rings. The van der Waals surface area contributed by atoms with Crippen molar-refractivity contribution in [3.63, 3.8) is 0 Å². The van der Waals surface area contributed by atoms with Crippen molar-refractivity contribution in [2.24, 2.45) is 0 Å². The Bertz CT molecular complexity index is 502. The lowest BCUT2D eigenvalue weighted by Gasteiger charge is -2.00. The van der Waals surface area contributed by atoms with Crippen LogP contribution in [0.5, 0.6) is 0 Å². The van der Waals surface area contributed by atoms with Gasteiger partial charge in [-0.15, -0.1) is 11.6 Å². The molecule has 0 aliphatic carbocycles. The molecule has 0 spiro atoms. The Balaban J connectivity index is 2.40. The van der Waals surface area contributed by atoms with Crippen molar-refractivity contribution in [2.75, 3.05) is 0 Å². The van der Waals surface area contributed by atoms with E-state index in [9.17, 15) is 0 Å². The predicted octanol–water partition coefficient (Wildman–Crippen LogP) is 3.42. The van der Waals surface area contributed by atoms with Gasteiger partial charge in [-0.3, -0.25) is 4.68 Å². The molecule has 0 amide bonds. The van der Waals surface area contributed by atoms with Crippen LogP contribution in [0.2, 0.25) is 0 Å². The first-order chi connectivity index (χ1) is 8.15. The average Bonchev–Trinajstić information content (AvgIpc) is 2.94. The third-order valence-electron chi connectivity index (χ3n) is 2.61. The normalized spacial score (nSPS) is 12.9. The van der Waals surface area contributed by atoms with E-state index in [0.717, 1.165) is 30.1 Å². The van der Waals surface area contributed by atoms with Crippen molar-refractivity contribution in [3.05, 3.63) is 23.8 Å². The summed E-state index contributed by atoms with van der Waals surface area (Å²) in [6.07, 6.45) is 2.61. The average molecular weight is 254 g/mol. The molecule has 0 bridgehead atoms. The number of rotatable bonds is 4. The predicted molar refractivity (Wildman–Crippen MR) is 67.0 cm³/mol. The first kappa shape index (κ1) is 12.2. The van der Waals surface area contributed by atoms with E-state index in [1.165, 1.54) is 0 Å². The fraction of sp³-hybridized carbons (Fsp3) is 0.500. The van der Waals surface area contributed by atoms with Gasteiger partial charge in [-0.2, -0.15) is 5.10 Å². The van der Waals surface area contributed by atoms with Crippen LogP contribution in [0.1, 0.15) is 37.7 Å². The highest BCUT2D eigenvalue weighted by Gasteiger charge is 2.15. The van der Waals surface area contributed by atoms with Crippen LogP contribution in [0, 0.1) is 0 Å². The molecule has 0 N–H and O–H groups in total. The minimum absolute atomic E-state index is 0.215. The largest absolute Gasteiger partial charge is 0.437 e. The summed E-state index contributed by atoms with van der Waals surface area (Å²) in [7, 11) is 0. The first-order valence-corrected chi connectivity index (χ1v) is 6.26. The topological polar surface area (TPSA) is 43.9 Å². The van der Waals surface area contributed by atoms with Crippen LogP contribution in [0.4, 0.5) is 0 Å². The summed E-state index contributed by atoms with van der Waals surface area (Å²) in [6.45, 7) is 6.78. The summed E-state index contributed by atoms with van der Waals surface area (Å²) >= 11 is 5.93. The number of aryl methyl sites for hydroxylation is 2. The van der Waals surface area contributed by atoms with E-state index in [1.807, 2.05) is 17.7 Å². The SMILES string of the molecule is CCc1cc(-c2cnc(C(C)Cl)o2)n(CC)n1. The van der Waals surface area contributed by atoms with Crippen LogP contribution in [-0.2, 0) is 13.0 Å². The first-order valence-electron chi connectivity index (χ1n) is 5.82. The maximum absolute atomic E-state index is 5.93. The second-order valence-corrected chi connectivity index (χ2v) is 4.52. The van der Waals surface area contributed by atoms with Gasteiger partial charge in [0.05, 0.1) is 11.9 Å². The molecule has 0 saturated carbocycles. The van der Waals surface area contributed by atoms with Gasteiger partial charge in [0.2, 0.25) is 5.89 Å². The quantitative estimate of drug-likeness (QED) is 0.785. The van der Waals surface area contributed by atoms with Crippen molar-refractivity contribution in [1.82, 2.24) is 14.8 Å². The highest BCUT2D eigenvalue weighted by Crippen LogP contribution is 2.26. The Morgan fingerprint density at radius 2 is 2.24 bits per heavy atom. The highest BCUT2D eigenvalue weighted by molar-refractivity contribution is 6.20. The van der Waals surface area contributed by atoms with Gasteiger partial charge in [-0.25, -0.2) is 4.98 Å². The summed E-state index contributed by atoms with van der Waals surface area (Å²) in [6, 6.07) is 2.03. The zero-order chi connectivity index (χ0) is 12.4. The fourth-order valence-electron chi connectivity index (χ4n) is 1.67. The van der Waals surface area contributed by atoms with Crippen molar-refractivity contribution >= 4 is 11.6 Å². The number of aromatic nitrogens is 3. The number of nitrogens with zero attached hydrogens (tertiary/aromatic N) is 3. The van der Waals surface area contributed by atoms with Gasteiger partial charge in [-0.1, -0.05) is 6.92 Å². The van der Waals surface area contributed by atoms with Crippen LogP contribution in [-0.4, -0.2) is 14.8 Å². The van der Waals surface area contributed by atoms with Gasteiger partial charge in [0.1, 0.15) is 11.1 Å². The van der Waals surface area contributed by atoms with Crippen LogP contribution in [0.25, 0.3) is 11.5 Å². The van der Waals surface area contributed by atoms with E-state index in [2.05, 4.69) is 23.9 Å². The lowest BCUT2D eigenvalue weighted by molar-refractivity contribution is 0.500. The van der Waals surface area contributed by atoms with Crippen molar-refractivity contribution in [3.8, 4) is 11.5 Å². The van der Waals surface area contributed by atoms with E-state index in [-0.39, 0.29) is 5.38 Å². The molecule has 17 heavy (non-hydrogen) atoms. The van der Waals surface area contributed by atoms with Crippen LogP contribution >= 0.6 is 11.6 Å². The van der Waals surface area contributed by atoms with Crippen LogP contribution in [0.15, 0.2) is 16.7 Å². The molecule has 2 aromatic rings. The Hall–Kier alpha value is -1.29. The van der Waals surface area contributed by atoms with Gasteiger partial charge in [0, 0.05) is 6.54 Å². The Morgan fingerprint density at radius 1 is 1.47 bits per heavy atom. The van der Waals surface area contributed by atoms with Gasteiger partial charge in [0.25, 0.3) is 0 Å². The van der Waals surface area contributed by atoms with E-state index >= 15 is 0 Å². The number of hydrogen-bond donors (Lipinski definition) is 0. The van der Waals surface area contributed by atoms with Crippen LogP contribution in [0.3, 0.4) is 0 Å². The molecule has 1 atom stereocenters. The molecular weight excluding hydrogens is 238 g/mol. The summed E-state index contributed by atoms with van der Waals surface area (Å²) in [5.41, 5.74) is 2.01. The third kappa shape index (κ3) is 2.36. The molecule has 1 unspecified atom stereocenters. The molecule has 2 heterocycles. The van der Waals surface area contributed by atoms with E-state index in [4.69, 9.17) is 16.0 Å².